The molecule has 96 valence electrons. The fourth-order valence-corrected chi connectivity index (χ4v) is 2.35. The highest BCUT2D eigenvalue weighted by atomic mass is 79.9. The Balaban J connectivity index is 2.99. The van der Waals surface area contributed by atoms with Crippen LogP contribution in [0.15, 0.2) is 6.20 Å². The fraction of sp³-hybridized carbons (Fsp3) is 0.692. The van der Waals surface area contributed by atoms with E-state index in [1.165, 1.54) is 0 Å². The summed E-state index contributed by atoms with van der Waals surface area (Å²) in [7, 11) is 0. The first-order valence-electron chi connectivity index (χ1n) is 6.26. The molecule has 0 N–H and O–H groups in total. The standard InChI is InChI=1S/C13H22BrN3/c1-5-12(6-2)17(8-7-14)13-9-15-10(3)11(4)16-13/h9,12H,5-8H2,1-4H3. The van der Waals surface area contributed by atoms with Gasteiger partial charge in [0, 0.05) is 17.9 Å². The number of alkyl halides is 1. The summed E-state index contributed by atoms with van der Waals surface area (Å²) >= 11 is 3.52. The van der Waals surface area contributed by atoms with Gasteiger partial charge >= 0.3 is 0 Å². The Morgan fingerprint density at radius 2 is 1.88 bits per heavy atom. The molecule has 0 aliphatic heterocycles. The number of aromatic nitrogens is 2. The number of rotatable bonds is 6. The van der Waals surface area contributed by atoms with E-state index in [-0.39, 0.29) is 0 Å². The van der Waals surface area contributed by atoms with Gasteiger partial charge in [-0.15, -0.1) is 0 Å². The van der Waals surface area contributed by atoms with Gasteiger partial charge in [0.25, 0.3) is 0 Å². The summed E-state index contributed by atoms with van der Waals surface area (Å²) in [6.07, 6.45) is 4.17. The minimum atomic E-state index is 0.545. The van der Waals surface area contributed by atoms with E-state index >= 15 is 0 Å². The van der Waals surface area contributed by atoms with Crippen molar-refractivity contribution in [2.75, 3.05) is 16.8 Å². The Hall–Kier alpha value is -0.640. The predicted octanol–water partition coefficient (Wildman–Crippen LogP) is 3.48. The fourth-order valence-electron chi connectivity index (χ4n) is 1.97. The molecule has 17 heavy (non-hydrogen) atoms. The summed E-state index contributed by atoms with van der Waals surface area (Å²) in [5.41, 5.74) is 2.03. The van der Waals surface area contributed by atoms with Crippen LogP contribution in [0.4, 0.5) is 5.82 Å². The van der Waals surface area contributed by atoms with Crippen molar-refractivity contribution in [3.8, 4) is 0 Å². The quantitative estimate of drug-likeness (QED) is 0.753. The van der Waals surface area contributed by atoms with Gasteiger partial charge in [0.2, 0.25) is 0 Å². The third-order valence-corrected chi connectivity index (χ3v) is 3.54. The van der Waals surface area contributed by atoms with E-state index < -0.39 is 0 Å². The predicted molar refractivity (Wildman–Crippen MR) is 77.0 cm³/mol. The maximum absolute atomic E-state index is 4.65. The molecule has 0 aliphatic carbocycles. The lowest BCUT2D eigenvalue weighted by atomic mass is 10.1. The Labute approximate surface area is 113 Å². The average molecular weight is 300 g/mol. The molecule has 0 unspecified atom stereocenters. The Bertz CT molecular complexity index is 351. The monoisotopic (exact) mass is 299 g/mol. The van der Waals surface area contributed by atoms with Crippen LogP contribution in [0.3, 0.4) is 0 Å². The summed E-state index contributed by atoms with van der Waals surface area (Å²) in [4.78, 5) is 11.4. The number of anilines is 1. The van der Waals surface area contributed by atoms with Crippen molar-refractivity contribution in [1.29, 1.82) is 0 Å². The highest BCUT2D eigenvalue weighted by molar-refractivity contribution is 9.09. The van der Waals surface area contributed by atoms with E-state index in [1.54, 1.807) is 0 Å². The maximum Gasteiger partial charge on any atom is 0.147 e. The molecule has 0 bridgehead atoms. The molecule has 1 heterocycles. The summed E-state index contributed by atoms with van der Waals surface area (Å²) < 4.78 is 0. The van der Waals surface area contributed by atoms with E-state index in [4.69, 9.17) is 0 Å². The van der Waals surface area contributed by atoms with Gasteiger partial charge < -0.3 is 4.90 Å². The molecule has 0 spiro atoms. The molecule has 1 aromatic heterocycles. The number of halogens is 1. The SMILES string of the molecule is CCC(CC)N(CCBr)c1cnc(C)c(C)n1. The van der Waals surface area contributed by atoms with E-state index in [9.17, 15) is 0 Å². The third-order valence-electron chi connectivity index (χ3n) is 3.18. The zero-order valence-electron chi connectivity index (χ0n) is 11.2. The molecule has 0 aromatic carbocycles. The van der Waals surface area contributed by atoms with Crippen molar-refractivity contribution < 1.29 is 0 Å². The molecular formula is C13H22BrN3. The first kappa shape index (κ1) is 14.4. The van der Waals surface area contributed by atoms with Crippen molar-refractivity contribution >= 4 is 21.7 Å². The van der Waals surface area contributed by atoms with Crippen molar-refractivity contribution in [2.45, 2.75) is 46.6 Å². The summed E-state index contributed by atoms with van der Waals surface area (Å²) in [6, 6.07) is 0.545. The normalized spacial score (nSPS) is 10.9. The minimum absolute atomic E-state index is 0.545. The van der Waals surface area contributed by atoms with Gasteiger partial charge in [-0.1, -0.05) is 29.8 Å². The lowest BCUT2D eigenvalue weighted by Crippen LogP contribution is -2.36. The van der Waals surface area contributed by atoms with E-state index in [2.05, 4.69) is 44.6 Å². The molecule has 0 atom stereocenters. The van der Waals surface area contributed by atoms with Crippen LogP contribution in [0.5, 0.6) is 0 Å². The summed E-state index contributed by atoms with van der Waals surface area (Å²) in [5.74, 6) is 1.00. The van der Waals surface area contributed by atoms with E-state index in [1.807, 2.05) is 20.0 Å². The maximum atomic E-state index is 4.65. The second-order valence-electron chi connectivity index (χ2n) is 4.25. The first-order valence-corrected chi connectivity index (χ1v) is 7.39. The van der Waals surface area contributed by atoms with E-state index in [0.717, 1.165) is 41.9 Å². The molecule has 1 rings (SSSR count). The molecule has 0 radical (unpaired) electrons. The molecule has 1 aromatic rings. The summed E-state index contributed by atoms with van der Waals surface area (Å²) in [6.45, 7) is 9.44. The van der Waals surface area contributed by atoms with Gasteiger partial charge in [-0.25, -0.2) is 4.98 Å². The molecular weight excluding hydrogens is 278 g/mol. The van der Waals surface area contributed by atoms with Crippen LogP contribution < -0.4 is 4.90 Å². The lowest BCUT2D eigenvalue weighted by Gasteiger charge is -2.31. The van der Waals surface area contributed by atoms with Crippen LogP contribution in [0.2, 0.25) is 0 Å². The average Bonchev–Trinajstić information content (AvgIpc) is 2.33. The van der Waals surface area contributed by atoms with Gasteiger partial charge in [-0.3, -0.25) is 4.98 Å². The van der Waals surface area contributed by atoms with Gasteiger partial charge in [-0.2, -0.15) is 0 Å². The second-order valence-corrected chi connectivity index (χ2v) is 5.04. The van der Waals surface area contributed by atoms with Crippen LogP contribution in [-0.2, 0) is 0 Å². The Kier molecular flexibility index (Phi) is 5.89. The zero-order chi connectivity index (χ0) is 12.8. The summed E-state index contributed by atoms with van der Waals surface area (Å²) in [5, 5.41) is 0.956. The largest absolute Gasteiger partial charge is 0.352 e. The zero-order valence-corrected chi connectivity index (χ0v) is 12.8. The van der Waals surface area contributed by atoms with Gasteiger partial charge in [0.05, 0.1) is 17.6 Å². The van der Waals surface area contributed by atoms with Gasteiger partial charge in [-0.05, 0) is 26.7 Å². The first-order chi connectivity index (χ1) is 8.13. The number of aryl methyl sites for hydroxylation is 2. The van der Waals surface area contributed by atoms with Crippen LogP contribution in [0, 0.1) is 13.8 Å². The number of hydrogen-bond acceptors (Lipinski definition) is 3. The number of hydrogen-bond donors (Lipinski definition) is 0. The van der Waals surface area contributed by atoms with Crippen molar-refractivity contribution in [3.05, 3.63) is 17.6 Å². The molecule has 4 heteroatoms. The Morgan fingerprint density at radius 3 is 2.35 bits per heavy atom. The van der Waals surface area contributed by atoms with Crippen molar-refractivity contribution in [3.63, 3.8) is 0 Å². The number of nitrogens with zero attached hydrogens (tertiary/aromatic N) is 3. The molecule has 0 aliphatic rings. The van der Waals surface area contributed by atoms with Crippen LogP contribution in [-0.4, -0.2) is 27.9 Å². The highest BCUT2D eigenvalue weighted by Gasteiger charge is 2.17. The molecule has 3 nitrogen and oxygen atoms in total. The highest BCUT2D eigenvalue weighted by Crippen LogP contribution is 2.18. The second kappa shape index (κ2) is 6.94. The smallest absolute Gasteiger partial charge is 0.147 e. The van der Waals surface area contributed by atoms with Crippen molar-refractivity contribution in [2.24, 2.45) is 0 Å². The van der Waals surface area contributed by atoms with Crippen molar-refractivity contribution in [1.82, 2.24) is 9.97 Å². The van der Waals surface area contributed by atoms with Gasteiger partial charge in [0.1, 0.15) is 5.82 Å². The topological polar surface area (TPSA) is 29.0 Å². The molecule has 0 saturated carbocycles. The third kappa shape index (κ3) is 3.66. The molecule has 0 amide bonds. The molecule has 0 fully saturated rings. The van der Waals surface area contributed by atoms with Crippen LogP contribution >= 0.6 is 15.9 Å². The Morgan fingerprint density at radius 1 is 1.24 bits per heavy atom. The minimum Gasteiger partial charge on any atom is -0.352 e. The van der Waals surface area contributed by atoms with Gasteiger partial charge in [0.15, 0.2) is 0 Å². The van der Waals surface area contributed by atoms with E-state index in [0.29, 0.717) is 6.04 Å². The van der Waals surface area contributed by atoms with Crippen LogP contribution in [0.1, 0.15) is 38.1 Å². The lowest BCUT2D eigenvalue weighted by molar-refractivity contribution is 0.562. The van der Waals surface area contributed by atoms with Crippen LogP contribution in [0.25, 0.3) is 0 Å². The molecule has 0 saturated heterocycles.